The average Bonchev–Trinajstić information content (AvgIpc) is 3.60. The molecule has 1 fully saturated rings. The number of ketones is 2. The van der Waals surface area contributed by atoms with Crippen LogP contribution in [0.15, 0.2) is 78.0 Å². The van der Waals surface area contributed by atoms with Gasteiger partial charge in [0.1, 0.15) is 12.1 Å². The summed E-state index contributed by atoms with van der Waals surface area (Å²) < 4.78 is 42.3. The van der Waals surface area contributed by atoms with Gasteiger partial charge in [-0.25, -0.2) is 14.5 Å². The molecule has 2 heterocycles. The van der Waals surface area contributed by atoms with Gasteiger partial charge in [-0.05, 0) is 65.9 Å². The van der Waals surface area contributed by atoms with Crippen LogP contribution < -0.4 is 10.1 Å². The van der Waals surface area contributed by atoms with Gasteiger partial charge in [-0.2, -0.15) is 4.99 Å². The Morgan fingerprint density at radius 2 is 1.80 bits per heavy atom. The van der Waals surface area contributed by atoms with Crippen LogP contribution in [0.2, 0.25) is 0 Å². The van der Waals surface area contributed by atoms with Crippen molar-refractivity contribution < 1.29 is 32.3 Å². The van der Waals surface area contributed by atoms with E-state index in [1.807, 2.05) is 25.1 Å². The number of aromatic nitrogens is 3. The van der Waals surface area contributed by atoms with E-state index >= 15 is 0 Å². The number of halogens is 3. The van der Waals surface area contributed by atoms with Crippen LogP contribution in [0.5, 0.6) is 5.75 Å². The van der Waals surface area contributed by atoms with E-state index in [-0.39, 0.29) is 41.2 Å². The largest absolute Gasteiger partial charge is 0.573 e. The standard InChI is InChI=1S/C32H28F3N5O4S/c1-18(2)24-13-4-19(3)14-25(24)28-27(42)16-45-30(28)38-31(43)37-21-7-5-20(6-8-21)15-26(41)29-36-17-40(39-29)22-9-11-23(12-10-22)44-32(33,34)35/h4-14,17-18,28H,15-16H2,1-3H3,(H,37,43). The van der Waals surface area contributed by atoms with Gasteiger partial charge < -0.3 is 10.1 Å². The van der Waals surface area contributed by atoms with Gasteiger partial charge in [-0.3, -0.25) is 9.59 Å². The number of anilines is 1. The van der Waals surface area contributed by atoms with Crippen molar-refractivity contribution >= 4 is 40.1 Å². The summed E-state index contributed by atoms with van der Waals surface area (Å²) in [5.41, 5.74) is 4.46. The summed E-state index contributed by atoms with van der Waals surface area (Å²) in [4.78, 5) is 46.7. The number of aryl methyl sites for hydroxylation is 1. The number of nitrogens with one attached hydrogen (secondary N) is 1. The van der Waals surface area contributed by atoms with Crippen molar-refractivity contribution in [3.8, 4) is 11.4 Å². The van der Waals surface area contributed by atoms with Gasteiger partial charge in [0.2, 0.25) is 11.6 Å². The van der Waals surface area contributed by atoms with E-state index in [9.17, 15) is 27.6 Å². The fourth-order valence-corrected chi connectivity index (χ4v) is 5.89. The first-order valence-electron chi connectivity index (χ1n) is 13.9. The molecule has 1 aromatic heterocycles. The SMILES string of the molecule is Cc1ccc(C(C)C)c(C2C(=O)CSC2=NC(=O)Nc2ccc(CC(=O)c3ncn(-c4ccc(OC(F)(F)F)cc4)n3)cc2)c1. The number of carbonyl (C=O) groups is 3. The molecule has 0 aliphatic carbocycles. The summed E-state index contributed by atoms with van der Waals surface area (Å²) in [6, 6.07) is 17.0. The number of rotatable bonds is 8. The number of urea groups is 1. The fourth-order valence-electron chi connectivity index (χ4n) is 4.86. The lowest BCUT2D eigenvalue weighted by atomic mass is 9.86. The predicted octanol–water partition coefficient (Wildman–Crippen LogP) is 7.05. The van der Waals surface area contributed by atoms with Crippen LogP contribution in [-0.2, 0) is 11.2 Å². The van der Waals surface area contributed by atoms with E-state index in [1.165, 1.54) is 34.9 Å². The second-order valence-electron chi connectivity index (χ2n) is 10.7. The Kier molecular flexibility index (Phi) is 9.19. The van der Waals surface area contributed by atoms with Crippen LogP contribution in [0.1, 0.15) is 58.6 Å². The third-order valence-corrected chi connectivity index (χ3v) is 8.02. The molecule has 9 nitrogen and oxygen atoms in total. The monoisotopic (exact) mass is 635 g/mol. The smallest absolute Gasteiger partial charge is 0.406 e. The molecule has 1 aliphatic rings. The Hall–Kier alpha value is -4.78. The van der Waals surface area contributed by atoms with Crippen molar-refractivity contribution in [1.82, 2.24) is 14.8 Å². The second-order valence-corrected chi connectivity index (χ2v) is 11.7. The van der Waals surface area contributed by atoms with Gasteiger partial charge in [0, 0.05) is 12.1 Å². The van der Waals surface area contributed by atoms with Gasteiger partial charge in [0.15, 0.2) is 5.78 Å². The summed E-state index contributed by atoms with van der Waals surface area (Å²) in [7, 11) is 0. The highest BCUT2D eigenvalue weighted by Gasteiger charge is 2.36. The lowest BCUT2D eigenvalue weighted by Crippen LogP contribution is -2.18. The topological polar surface area (TPSA) is 116 Å². The minimum Gasteiger partial charge on any atom is -0.406 e. The van der Waals surface area contributed by atoms with Crippen LogP contribution in [0.25, 0.3) is 5.69 Å². The second kappa shape index (κ2) is 13.1. The van der Waals surface area contributed by atoms with Gasteiger partial charge in [0.25, 0.3) is 0 Å². The van der Waals surface area contributed by atoms with Crippen molar-refractivity contribution in [3.05, 3.63) is 101 Å². The van der Waals surface area contributed by atoms with E-state index in [4.69, 9.17) is 0 Å². The first kappa shape index (κ1) is 31.6. The highest BCUT2D eigenvalue weighted by Crippen LogP contribution is 2.37. The highest BCUT2D eigenvalue weighted by atomic mass is 32.2. The summed E-state index contributed by atoms with van der Waals surface area (Å²) in [6.07, 6.45) is -3.53. The number of hydrogen-bond donors (Lipinski definition) is 1. The maximum absolute atomic E-state index is 12.9. The number of nitrogens with zero attached hydrogens (tertiary/aromatic N) is 4. The summed E-state index contributed by atoms with van der Waals surface area (Å²) in [5, 5.41) is 7.32. The molecule has 45 heavy (non-hydrogen) atoms. The molecule has 1 unspecified atom stereocenters. The van der Waals surface area contributed by atoms with Crippen molar-refractivity contribution in [2.75, 3.05) is 11.1 Å². The van der Waals surface area contributed by atoms with E-state index in [1.54, 1.807) is 24.3 Å². The zero-order chi connectivity index (χ0) is 32.3. The zero-order valence-electron chi connectivity index (χ0n) is 24.5. The summed E-state index contributed by atoms with van der Waals surface area (Å²) >= 11 is 1.27. The number of alkyl halides is 3. The number of ether oxygens (including phenoxy) is 1. The molecular weight excluding hydrogens is 607 g/mol. The Bertz CT molecular complexity index is 1770. The van der Waals surface area contributed by atoms with Crippen molar-refractivity contribution in [1.29, 1.82) is 0 Å². The molecule has 4 aromatic rings. The molecule has 0 saturated carbocycles. The normalized spacial score (nSPS) is 15.9. The first-order valence-corrected chi connectivity index (χ1v) is 14.9. The molecule has 1 N–H and O–H groups in total. The van der Waals surface area contributed by atoms with Crippen molar-refractivity contribution in [2.45, 2.75) is 45.4 Å². The summed E-state index contributed by atoms with van der Waals surface area (Å²) in [6.45, 7) is 6.09. The fraction of sp³-hybridized carbons (Fsp3) is 0.250. The van der Waals surface area contributed by atoms with E-state index in [0.29, 0.717) is 22.0 Å². The molecule has 0 spiro atoms. The van der Waals surface area contributed by atoms with Crippen LogP contribution >= 0.6 is 11.8 Å². The van der Waals surface area contributed by atoms with Crippen molar-refractivity contribution in [2.24, 2.45) is 4.99 Å². The van der Waals surface area contributed by atoms with Gasteiger partial charge >= 0.3 is 12.4 Å². The number of amides is 2. The average molecular weight is 636 g/mol. The summed E-state index contributed by atoms with van der Waals surface area (Å²) in [5.74, 6) is -0.929. The molecule has 2 amide bonds. The molecule has 0 radical (unpaired) electrons. The Labute approximate surface area is 260 Å². The quantitative estimate of drug-likeness (QED) is 0.206. The number of thioether (sulfide) groups is 1. The molecule has 5 rings (SSSR count). The predicted molar refractivity (Wildman–Crippen MR) is 164 cm³/mol. The molecule has 1 aliphatic heterocycles. The number of Topliss-reactive ketones (excluding diaryl/α,β-unsaturated/α-hetero) is 2. The van der Waals surface area contributed by atoms with E-state index < -0.39 is 18.3 Å². The number of carbonyl (C=O) groups excluding carboxylic acids is 3. The zero-order valence-corrected chi connectivity index (χ0v) is 25.3. The number of hydrogen-bond acceptors (Lipinski definition) is 7. The third-order valence-electron chi connectivity index (χ3n) is 6.96. The first-order chi connectivity index (χ1) is 21.4. The maximum Gasteiger partial charge on any atom is 0.573 e. The van der Waals surface area contributed by atoms with Gasteiger partial charge in [-0.1, -0.05) is 49.7 Å². The minimum atomic E-state index is -4.80. The number of aliphatic imine (C=N–C) groups is 1. The van der Waals surface area contributed by atoms with Crippen LogP contribution in [0.3, 0.4) is 0 Å². The number of benzene rings is 3. The molecular formula is C32H28F3N5O4S. The molecule has 232 valence electrons. The lowest BCUT2D eigenvalue weighted by Gasteiger charge is -2.18. The lowest BCUT2D eigenvalue weighted by molar-refractivity contribution is -0.274. The molecule has 0 bridgehead atoms. The maximum atomic E-state index is 12.9. The van der Waals surface area contributed by atoms with Crippen LogP contribution in [-0.4, -0.2) is 49.5 Å². The minimum absolute atomic E-state index is 0.0147. The molecule has 13 heteroatoms. The van der Waals surface area contributed by atoms with Crippen molar-refractivity contribution in [3.63, 3.8) is 0 Å². The van der Waals surface area contributed by atoms with Gasteiger partial charge in [0.05, 0.1) is 22.4 Å². The molecule has 3 aromatic carbocycles. The Morgan fingerprint density at radius 3 is 2.47 bits per heavy atom. The van der Waals surface area contributed by atoms with Crippen LogP contribution in [0.4, 0.5) is 23.7 Å². The van der Waals surface area contributed by atoms with E-state index in [2.05, 4.69) is 39.0 Å². The Balaban J connectivity index is 1.21. The Morgan fingerprint density at radius 1 is 1.09 bits per heavy atom. The highest BCUT2D eigenvalue weighted by molar-refractivity contribution is 8.15. The molecule has 1 saturated heterocycles. The third kappa shape index (κ3) is 7.85. The van der Waals surface area contributed by atoms with Crippen LogP contribution in [0, 0.1) is 6.92 Å². The molecule has 1 atom stereocenters. The van der Waals surface area contributed by atoms with Gasteiger partial charge in [-0.15, -0.1) is 30.0 Å². The van der Waals surface area contributed by atoms with E-state index in [0.717, 1.165) is 28.8 Å².